The number of amides is 1. The number of H-pyrrole nitrogens is 1. The van der Waals surface area contributed by atoms with Gasteiger partial charge in [0, 0.05) is 61.4 Å². The lowest BCUT2D eigenvalue weighted by Gasteiger charge is -2.38. The van der Waals surface area contributed by atoms with E-state index in [1.54, 1.807) is 6.20 Å². The highest BCUT2D eigenvalue weighted by Crippen LogP contribution is 2.33. The summed E-state index contributed by atoms with van der Waals surface area (Å²) < 4.78 is 0. The lowest BCUT2D eigenvalue weighted by Crippen LogP contribution is -2.49. The van der Waals surface area contributed by atoms with Gasteiger partial charge in [0.15, 0.2) is 0 Å². The van der Waals surface area contributed by atoms with Crippen LogP contribution in [0.25, 0.3) is 22.2 Å². The average molecular weight is 479 g/mol. The van der Waals surface area contributed by atoms with Crippen LogP contribution >= 0.6 is 11.6 Å². The van der Waals surface area contributed by atoms with Gasteiger partial charge in [-0.25, -0.2) is 9.97 Å². The molecule has 1 saturated carbocycles. The van der Waals surface area contributed by atoms with Crippen molar-refractivity contribution >= 4 is 34.4 Å². The van der Waals surface area contributed by atoms with Gasteiger partial charge in [0.1, 0.15) is 0 Å². The first-order valence-corrected chi connectivity index (χ1v) is 12.5. The van der Waals surface area contributed by atoms with Crippen LogP contribution < -0.4 is 5.32 Å². The number of halogens is 1. The van der Waals surface area contributed by atoms with Crippen LogP contribution in [0.5, 0.6) is 0 Å². The molecule has 2 unspecified atom stereocenters. The number of fused-ring (bicyclic) bond motifs is 1. The third-order valence-electron chi connectivity index (χ3n) is 7.08. The molecule has 1 aliphatic heterocycles. The van der Waals surface area contributed by atoms with E-state index >= 15 is 0 Å². The predicted octanol–water partition coefficient (Wildman–Crippen LogP) is 4.58. The molecule has 178 valence electrons. The Hall–Kier alpha value is -2.90. The molecule has 0 bridgehead atoms. The lowest BCUT2D eigenvalue weighted by molar-refractivity contribution is -0.127. The summed E-state index contributed by atoms with van der Waals surface area (Å²) in [5, 5.41) is 5.23. The van der Waals surface area contributed by atoms with Crippen molar-refractivity contribution in [1.29, 1.82) is 0 Å². The van der Waals surface area contributed by atoms with Gasteiger partial charge in [-0.15, -0.1) is 0 Å². The number of benzene rings is 1. The standard InChI is InChI=1S/C26H31ClN6O/c1-2-24(34)33-12-10-32(11-13-33)17-18-6-5-7-19(14-18)30-26-29-16-22(27)25(31-26)21-15-28-23-9-4-3-8-20(21)23/h2-4,8-9,15-16,18-19,28H,1,5-7,10-14,17H2,(H,29,30,31). The van der Waals surface area contributed by atoms with Crippen LogP contribution in [0.2, 0.25) is 5.02 Å². The van der Waals surface area contributed by atoms with Crippen molar-refractivity contribution in [3.63, 3.8) is 0 Å². The minimum absolute atomic E-state index is 0.0385. The molecule has 2 aromatic heterocycles. The summed E-state index contributed by atoms with van der Waals surface area (Å²) >= 11 is 6.50. The number of hydrogen-bond donors (Lipinski definition) is 2. The molecule has 5 rings (SSSR count). The third kappa shape index (κ3) is 4.95. The maximum atomic E-state index is 11.8. The second-order valence-corrected chi connectivity index (χ2v) is 9.75. The van der Waals surface area contributed by atoms with Crippen molar-refractivity contribution in [2.45, 2.75) is 31.7 Å². The van der Waals surface area contributed by atoms with Crippen LogP contribution in [0.15, 0.2) is 49.3 Å². The van der Waals surface area contributed by atoms with E-state index in [0.717, 1.165) is 67.7 Å². The molecule has 1 saturated heterocycles. The van der Waals surface area contributed by atoms with Gasteiger partial charge in [0.25, 0.3) is 0 Å². The Labute approximate surface area is 205 Å². The minimum Gasteiger partial charge on any atom is -0.360 e. The Morgan fingerprint density at radius 2 is 2.06 bits per heavy atom. The summed E-state index contributed by atoms with van der Waals surface area (Å²) in [6.07, 6.45) is 9.72. The highest BCUT2D eigenvalue weighted by Gasteiger charge is 2.27. The molecular weight excluding hydrogens is 448 g/mol. The lowest BCUT2D eigenvalue weighted by atomic mass is 9.85. The van der Waals surface area contributed by atoms with Gasteiger partial charge < -0.3 is 15.2 Å². The molecule has 8 heteroatoms. The van der Waals surface area contributed by atoms with Crippen molar-refractivity contribution < 1.29 is 4.79 Å². The molecule has 7 nitrogen and oxygen atoms in total. The predicted molar refractivity (Wildman–Crippen MR) is 137 cm³/mol. The summed E-state index contributed by atoms with van der Waals surface area (Å²) in [4.78, 5) is 28.8. The molecule has 3 heterocycles. The Kier molecular flexibility index (Phi) is 6.83. The third-order valence-corrected chi connectivity index (χ3v) is 7.36. The summed E-state index contributed by atoms with van der Waals surface area (Å²) in [6.45, 7) is 8.12. The zero-order chi connectivity index (χ0) is 23.5. The number of carbonyl (C=O) groups is 1. The second-order valence-electron chi connectivity index (χ2n) is 9.34. The van der Waals surface area contributed by atoms with Crippen molar-refractivity contribution in [3.05, 3.63) is 54.3 Å². The number of aromatic nitrogens is 3. The van der Waals surface area contributed by atoms with E-state index in [4.69, 9.17) is 16.6 Å². The van der Waals surface area contributed by atoms with E-state index in [2.05, 4.69) is 32.8 Å². The van der Waals surface area contributed by atoms with Crippen LogP contribution in [-0.4, -0.2) is 69.4 Å². The Morgan fingerprint density at radius 3 is 2.88 bits per heavy atom. The Morgan fingerprint density at radius 1 is 1.24 bits per heavy atom. The maximum Gasteiger partial charge on any atom is 0.246 e. The van der Waals surface area contributed by atoms with E-state index in [1.165, 1.54) is 18.9 Å². The topological polar surface area (TPSA) is 77.2 Å². The summed E-state index contributed by atoms with van der Waals surface area (Å²) in [5.74, 6) is 1.30. The Balaban J connectivity index is 1.22. The van der Waals surface area contributed by atoms with Gasteiger partial charge in [-0.1, -0.05) is 42.8 Å². The van der Waals surface area contributed by atoms with E-state index in [1.807, 2.05) is 29.3 Å². The first-order chi connectivity index (χ1) is 16.6. The van der Waals surface area contributed by atoms with E-state index in [0.29, 0.717) is 22.9 Å². The van der Waals surface area contributed by atoms with E-state index in [9.17, 15) is 4.79 Å². The average Bonchev–Trinajstić information content (AvgIpc) is 3.29. The fourth-order valence-electron chi connectivity index (χ4n) is 5.31. The van der Waals surface area contributed by atoms with Crippen LogP contribution in [0.4, 0.5) is 5.95 Å². The molecule has 0 radical (unpaired) electrons. The fraction of sp³-hybridized carbons (Fsp3) is 0.423. The molecule has 2 atom stereocenters. The van der Waals surface area contributed by atoms with Gasteiger partial charge in [-0.3, -0.25) is 9.69 Å². The largest absolute Gasteiger partial charge is 0.360 e. The minimum atomic E-state index is 0.0385. The molecule has 2 fully saturated rings. The molecule has 2 aliphatic rings. The number of aromatic amines is 1. The first-order valence-electron chi connectivity index (χ1n) is 12.1. The zero-order valence-corrected chi connectivity index (χ0v) is 20.1. The molecule has 0 spiro atoms. The molecule has 1 amide bonds. The number of anilines is 1. The Bertz CT molecular complexity index is 1170. The van der Waals surface area contributed by atoms with Crippen LogP contribution in [0.1, 0.15) is 25.7 Å². The maximum absolute atomic E-state index is 11.8. The SMILES string of the molecule is C=CC(=O)N1CCN(CC2CCCC(Nc3ncc(Cl)c(-c4c[nH]c5ccccc45)n3)C2)CC1. The molecule has 1 aromatic carbocycles. The van der Waals surface area contributed by atoms with Crippen molar-refractivity contribution in [1.82, 2.24) is 24.8 Å². The normalized spacial score (nSPS) is 21.5. The van der Waals surface area contributed by atoms with Crippen LogP contribution in [0.3, 0.4) is 0 Å². The zero-order valence-electron chi connectivity index (χ0n) is 19.3. The molecule has 34 heavy (non-hydrogen) atoms. The highest BCUT2D eigenvalue weighted by molar-refractivity contribution is 6.33. The van der Waals surface area contributed by atoms with Crippen LogP contribution in [-0.2, 0) is 4.79 Å². The highest BCUT2D eigenvalue weighted by atomic mass is 35.5. The molecule has 3 aromatic rings. The second kappa shape index (κ2) is 10.2. The van der Waals surface area contributed by atoms with Gasteiger partial charge >= 0.3 is 0 Å². The number of rotatable bonds is 6. The van der Waals surface area contributed by atoms with Crippen molar-refractivity contribution in [2.75, 3.05) is 38.0 Å². The number of para-hydroxylation sites is 1. The smallest absolute Gasteiger partial charge is 0.246 e. The number of piperazine rings is 1. The molecule has 2 N–H and O–H groups in total. The summed E-state index contributed by atoms with van der Waals surface area (Å²) in [7, 11) is 0. The molecule has 1 aliphatic carbocycles. The summed E-state index contributed by atoms with van der Waals surface area (Å²) in [5.41, 5.74) is 2.80. The van der Waals surface area contributed by atoms with Gasteiger partial charge in [0.2, 0.25) is 11.9 Å². The monoisotopic (exact) mass is 478 g/mol. The quantitative estimate of drug-likeness (QED) is 0.507. The first kappa shape index (κ1) is 22.9. The van der Waals surface area contributed by atoms with E-state index in [-0.39, 0.29) is 5.91 Å². The number of carbonyl (C=O) groups excluding carboxylic acids is 1. The number of nitrogens with zero attached hydrogens (tertiary/aromatic N) is 4. The van der Waals surface area contributed by atoms with Gasteiger partial charge in [-0.05, 0) is 37.3 Å². The fourth-order valence-corrected chi connectivity index (χ4v) is 5.50. The van der Waals surface area contributed by atoms with Gasteiger partial charge in [-0.2, -0.15) is 0 Å². The van der Waals surface area contributed by atoms with Crippen LogP contribution in [0, 0.1) is 5.92 Å². The summed E-state index contributed by atoms with van der Waals surface area (Å²) in [6, 6.07) is 8.50. The van der Waals surface area contributed by atoms with Gasteiger partial charge in [0.05, 0.1) is 16.9 Å². The molecular formula is C26H31ClN6O. The number of hydrogen-bond acceptors (Lipinski definition) is 5. The van der Waals surface area contributed by atoms with E-state index < -0.39 is 0 Å². The van der Waals surface area contributed by atoms with Crippen molar-refractivity contribution in [2.24, 2.45) is 5.92 Å². The number of nitrogens with one attached hydrogen (secondary N) is 2. The van der Waals surface area contributed by atoms with Crippen molar-refractivity contribution in [3.8, 4) is 11.3 Å².